The third kappa shape index (κ3) is 4.48. The molecule has 1 saturated heterocycles. The number of piperazine rings is 1. The summed E-state index contributed by atoms with van der Waals surface area (Å²) >= 11 is 0. The van der Waals surface area contributed by atoms with Crippen molar-refractivity contribution in [3.8, 4) is 0 Å². The summed E-state index contributed by atoms with van der Waals surface area (Å²) in [6, 6.07) is 2.39. The molecule has 7 nitrogen and oxygen atoms in total. The van der Waals surface area contributed by atoms with Crippen LogP contribution in [0.5, 0.6) is 0 Å². The molecule has 0 spiro atoms. The third-order valence-corrected chi connectivity index (χ3v) is 2.37. The molecule has 0 amide bonds. The van der Waals surface area contributed by atoms with Gasteiger partial charge in [-0.25, -0.2) is 0 Å². The summed E-state index contributed by atoms with van der Waals surface area (Å²) < 4.78 is 0. The number of carboxylic acids is 2. The molecule has 1 aliphatic rings. The average Bonchev–Trinajstić information content (AvgIpc) is 2.41. The van der Waals surface area contributed by atoms with Crippen molar-refractivity contribution in [2.45, 2.75) is 0 Å². The smallest absolute Gasteiger partial charge is 0.125 e. The molecule has 0 radical (unpaired) electrons. The molecule has 1 fully saturated rings. The van der Waals surface area contributed by atoms with Crippen molar-refractivity contribution in [2.75, 3.05) is 26.2 Å². The largest absolute Gasteiger partial charge is 0.545 e. The SMILES string of the molecule is C1C[NH2+]CC[NH2+]1.O=C([O-])c1cccnc1C(=O)[O-]. The Bertz CT molecular complexity index is 374. The van der Waals surface area contributed by atoms with Crippen LogP contribution in [-0.2, 0) is 0 Å². The Morgan fingerprint density at radius 3 is 1.94 bits per heavy atom. The molecule has 0 saturated carbocycles. The summed E-state index contributed by atoms with van der Waals surface area (Å²) in [5.74, 6) is -3.21. The van der Waals surface area contributed by atoms with Gasteiger partial charge in [-0.05, 0) is 12.1 Å². The molecule has 2 rings (SSSR count). The molecule has 1 aliphatic heterocycles. The maximum atomic E-state index is 10.3. The Morgan fingerprint density at radius 1 is 1.06 bits per heavy atom. The minimum atomic E-state index is -1.63. The van der Waals surface area contributed by atoms with E-state index in [2.05, 4.69) is 15.6 Å². The molecule has 0 atom stereocenters. The first kappa shape index (κ1) is 14.1. The van der Waals surface area contributed by atoms with Crippen LogP contribution in [0.3, 0.4) is 0 Å². The first-order valence-corrected chi connectivity index (χ1v) is 5.64. The van der Waals surface area contributed by atoms with E-state index >= 15 is 0 Å². The Morgan fingerprint density at radius 2 is 1.61 bits per heavy atom. The van der Waals surface area contributed by atoms with E-state index in [1.165, 1.54) is 32.2 Å². The van der Waals surface area contributed by atoms with Crippen LogP contribution in [0.1, 0.15) is 20.8 Å². The van der Waals surface area contributed by atoms with Gasteiger partial charge < -0.3 is 30.4 Å². The second kappa shape index (κ2) is 7.36. The van der Waals surface area contributed by atoms with E-state index in [0.717, 1.165) is 12.3 Å². The van der Waals surface area contributed by atoms with Crippen molar-refractivity contribution in [3.05, 3.63) is 29.6 Å². The summed E-state index contributed by atoms with van der Waals surface area (Å²) in [6.07, 6.45) is 1.16. The van der Waals surface area contributed by atoms with Gasteiger partial charge in [0, 0.05) is 11.8 Å². The van der Waals surface area contributed by atoms with Crippen LogP contribution in [0.2, 0.25) is 0 Å². The first-order valence-electron chi connectivity index (χ1n) is 5.64. The molecule has 7 heteroatoms. The van der Waals surface area contributed by atoms with Gasteiger partial charge in [-0.2, -0.15) is 0 Å². The Hall–Kier alpha value is -1.99. The van der Waals surface area contributed by atoms with E-state index in [0.29, 0.717) is 0 Å². The molecule has 98 valence electrons. The average molecular weight is 253 g/mol. The van der Waals surface area contributed by atoms with Crippen LogP contribution in [0, 0.1) is 0 Å². The van der Waals surface area contributed by atoms with Crippen molar-refractivity contribution in [2.24, 2.45) is 0 Å². The number of carbonyl (C=O) groups is 2. The highest BCUT2D eigenvalue weighted by Gasteiger charge is 2.03. The van der Waals surface area contributed by atoms with E-state index in [9.17, 15) is 19.8 Å². The summed E-state index contributed by atoms with van der Waals surface area (Å²) in [4.78, 5) is 23.9. The van der Waals surface area contributed by atoms with Gasteiger partial charge in [-0.1, -0.05) is 0 Å². The van der Waals surface area contributed by atoms with Crippen molar-refractivity contribution >= 4 is 11.9 Å². The van der Waals surface area contributed by atoms with Gasteiger partial charge in [0.25, 0.3) is 0 Å². The van der Waals surface area contributed by atoms with Crippen LogP contribution in [0.25, 0.3) is 0 Å². The van der Waals surface area contributed by atoms with E-state index in [-0.39, 0.29) is 0 Å². The Balaban J connectivity index is 0.000000225. The number of nitrogens with zero attached hydrogens (tertiary/aromatic N) is 1. The maximum Gasteiger partial charge on any atom is 0.125 e. The third-order valence-electron chi connectivity index (χ3n) is 2.37. The predicted octanol–water partition coefficient (Wildman–Crippen LogP) is -5.06. The minimum absolute atomic E-state index is 0.475. The number of hydrogen-bond donors (Lipinski definition) is 2. The van der Waals surface area contributed by atoms with Crippen LogP contribution in [0.15, 0.2) is 18.3 Å². The standard InChI is InChI=1S/C7H5NO4.C4H10N2/c9-6(10)4-2-1-3-8-5(4)7(11)12;1-2-6-4-3-5-1/h1-3H,(H,9,10)(H,11,12);5-6H,1-4H2. The lowest BCUT2D eigenvalue weighted by atomic mass is 10.2. The Kier molecular flexibility index (Phi) is 5.75. The van der Waals surface area contributed by atoms with Crippen molar-refractivity contribution in [1.29, 1.82) is 0 Å². The molecule has 0 aliphatic carbocycles. The van der Waals surface area contributed by atoms with E-state index in [1.807, 2.05) is 0 Å². The van der Waals surface area contributed by atoms with Gasteiger partial charge >= 0.3 is 0 Å². The lowest BCUT2D eigenvalue weighted by Gasteiger charge is -2.08. The fourth-order valence-electron chi connectivity index (χ4n) is 1.49. The molecule has 0 aromatic carbocycles. The highest BCUT2D eigenvalue weighted by molar-refractivity contribution is 5.98. The van der Waals surface area contributed by atoms with Crippen LogP contribution >= 0.6 is 0 Å². The van der Waals surface area contributed by atoms with Gasteiger partial charge in [-0.3, -0.25) is 4.98 Å². The highest BCUT2D eigenvalue weighted by Crippen LogP contribution is 2.01. The molecule has 1 aromatic rings. The van der Waals surface area contributed by atoms with Gasteiger partial charge in [0.1, 0.15) is 26.2 Å². The monoisotopic (exact) mass is 253 g/mol. The second-order valence-electron chi connectivity index (χ2n) is 3.71. The molecule has 18 heavy (non-hydrogen) atoms. The Labute approximate surface area is 104 Å². The zero-order chi connectivity index (χ0) is 13.4. The number of carbonyl (C=O) groups excluding carboxylic acids is 2. The number of hydrogen-bond acceptors (Lipinski definition) is 5. The molecular formula is C11H15N3O4. The van der Waals surface area contributed by atoms with Crippen molar-refractivity contribution in [1.82, 2.24) is 4.98 Å². The first-order chi connectivity index (χ1) is 8.63. The predicted molar refractivity (Wildman–Crippen MR) is 56.2 cm³/mol. The van der Waals surface area contributed by atoms with E-state index in [1.54, 1.807) is 0 Å². The summed E-state index contributed by atoms with van der Waals surface area (Å²) in [6.45, 7) is 5.28. The quantitative estimate of drug-likeness (QED) is 0.545. The number of rotatable bonds is 2. The zero-order valence-corrected chi connectivity index (χ0v) is 9.80. The van der Waals surface area contributed by atoms with Gasteiger partial charge in [0.15, 0.2) is 0 Å². The molecular weight excluding hydrogens is 238 g/mol. The number of aromatic carboxylic acids is 2. The highest BCUT2D eigenvalue weighted by atomic mass is 16.4. The molecule has 0 unspecified atom stereocenters. The van der Waals surface area contributed by atoms with E-state index < -0.39 is 23.2 Å². The lowest BCUT2D eigenvalue weighted by Crippen LogP contribution is -3.04. The summed E-state index contributed by atoms with van der Waals surface area (Å²) in [5, 5.41) is 25.3. The summed E-state index contributed by atoms with van der Waals surface area (Å²) in [5.41, 5.74) is -1.09. The fourth-order valence-corrected chi connectivity index (χ4v) is 1.49. The number of pyridine rings is 1. The van der Waals surface area contributed by atoms with Crippen LogP contribution in [0.4, 0.5) is 0 Å². The molecule has 1 aromatic heterocycles. The zero-order valence-electron chi connectivity index (χ0n) is 9.80. The number of aromatic nitrogens is 1. The maximum absolute atomic E-state index is 10.3. The van der Waals surface area contributed by atoms with Crippen molar-refractivity contribution < 1.29 is 30.4 Å². The molecule has 0 bridgehead atoms. The fraction of sp³-hybridized carbons (Fsp3) is 0.364. The van der Waals surface area contributed by atoms with Gasteiger partial charge in [0.2, 0.25) is 0 Å². The van der Waals surface area contributed by atoms with Crippen molar-refractivity contribution in [3.63, 3.8) is 0 Å². The van der Waals surface area contributed by atoms with E-state index in [4.69, 9.17) is 0 Å². The molecule has 4 N–H and O–H groups in total. The van der Waals surface area contributed by atoms with Gasteiger partial charge in [-0.15, -0.1) is 0 Å². The van der Waals surface area contributed by atoms with Crippen LogP contribution < -0.4 is 20.8 Å². The topological polar surface area (TPSA) is 126 Å². The molecule has 2 heterocycles. The summed E-state index contributed by atoms with van der Waals surface area (Å²) in [7, 11) is 0. The van der Waals surface area contributed by atoms with Gasteiger partial charge in [0.05, 0.1) is 17.6 Å². The second-order valence-corrected chi connectivity index (χ2v) is 3.71. The lowest BCUT2D eigenvalue weighted by molar-refractivity contribution is -0.787. The normalized spacial score (nSPS) is 14.2. The number of carboxylic acid groups (broad SMARTS) is 2. The number of nitrogens with two attached hydrogens (primary N) is 2. The van der Waals surface area contributed by atoms with Crippen LogP contribution in [-0.4, -0.2) is 43.1 Å². The minimum Gasteiger partial charge on any atom is -0.545 e. The number of quaternary nitrogens is 2.